The van der Waals surface area contributed by atoms with E-state index in [0.717, 1.165) is 30.2 Å². The van der Waals surface area contributed by atoms with Gasteiger partial charge in [0.05, 0.1) is 24.3 Å². The Bertz CT molecular complexity index is 828. The second kappa shape index (κ2) is 7.43. The number of pyridine rings is 1. The highest BCUT2D eigenvalue weighted by atomic mass is 32.1. The molecular formula is C17H17N3O3S. The zero-order valence-electron chi connectivity index (χ0n) is 13.0. The molecule has 3 heterocycles. The molecule has 0 aromatic carbocycles. The second-order valence-electron chi connectivity index (χ2n) is 5.45. The maximum absolute atomic E-state index is 12.0. The minimum Gasteiger partial charge on any atom is -0.371 e. The summed E-state index contributed by atoms with van der Waals surface area (Å²) in [6.45, 7) is 1.24. The predicted molar refractivity (Wildman–Crippen MR) is 91.0 cm³/mol. The molecule has 0 saturated carbocycles. The monoisotopic (exact) mass is 343 g/mol. The number of rotatable bonds is 5. The Labute approximate surface area is 143 Å². The molecule has 0 aliphatic carbocycles. The highest BCUT2D eigenvalue weighted by molar-refractivity contribution is 7.09. The Hall–Kier alpha value is -2.43. The molecule has 1 aliphatic rings. The summed E-state index contributed by atoms with van der Waals surface area (Å²) < 4.78 is 7.10. The SMILES string of the molecule is C#CCNC(=O)c1ccc(=O)n(Cc2csc([C@H]3CCCO3)n2)c1. The lowest BCUT2D eigenvalue weighted by Crippen LogP contribution is -2.27. The van der Waals surface area contributed by atoms with Crippen LogP contribution in [-0.4, -0.2) is 28.6 Å². The zero-order valence-corrected chi connectivity index (χ0v) is 13.8. The average molecular weight is 343 g/mol. The summed E-state index contributed by atoms with van der Waals surface area (Å²) in [6, 6.07) is 2.86. The van der Waals surface area contributed by atoms with Gasteiger partial charge in [0.25, 0.3) is 11.5 Å². The minimum absolute atomic E-state index is 0.0707. The number of terminal acetylenes is 1. The number of thiazole rings is 1. The molecule has 1 amide bonds. The quantitative estimate of drug-likeness (QED) is 0.837. The van der Waals surface area contributed by atoms with Gasteiger partial charge in [0.1, 0.15) is 11.1 Å². The van der Waals surface area contributed by atoms with Crippen molar-refractivity contribution in [2.45, 2.75) is 25.5 Å². The lowest BCUT2D eigenvalue weighted by Gasteiger charge is -2.07. The van der Waals surface area contributed by atoms with Gasteiger partial charge >= 0.3 is 0 Å². The smallest absolute Gasteiger partial charge is 0.253 e. The standard InChI is InChI=1S/C17H17N3O3S/c1-2-7-18-16(22)12-5-6-15(21)20(9-12)10-13-11-24-17(19-13)14-4-3-8-23-14/h1,5-6,9,11,14H,3-4,7-8,10H2,(H,18,22)/t14-/m1/s1. The summed E-state index contributed by atoms with van der Waals surface area (Å²) in [4.78, 5) is 28.5. The summed E-state index contributed by atoms with van der Waals surface area (Å²) in [5.74, 6) is 2.04. The van der Waals surface area contributed by atoms with Crippen molar-refractivity contribution in [3.63, 3.8) is 0 Å². The fourth-order valence-electron chi connectivity index (χ4n) is 2.51. The number of aromatic nitrogens is 2. The van der Waals surface area contributed by atoms with Crippen LogP contribution in [0.4, 0.5) is 0 Å². The van der Waals surface area contributed by atoms with Crippen LogP contribution in [-0.2, 0) is 11.3 Å². The summed E-state index contributed by atoms with van der Waals surface area (Å²) in [5, 5.41) is 5.45. The van der Waals surface area contributed by atoms with Gasteiger partial charge in [0.2, 0.25) is 0 Å². The predicted octanol–water partition coefficient (Wildman–Crippen LogP) is 1.57. The third-order valence-electron chi connectivity index (χ3n) is 3.70. The fraction of sp³-hybridized carbons (Fsp3) is 0.353. The van der Waals surface area contributed by atoms with Crippen molar-refractivity contribution < 1.29 is 9.53 Å². The molecule has 3 rings (SSSR count). The number of nitrogens with zero attached hydrogens (tertiary/aromatic N) is 2. The molecule has 2 aromatic heterocycles. The molecule has 7 heteroatoms. The molecular weight excluding hydrogens is 326 g/mol. The van der Waals surface area contributed by atoms with E-state index in [9.17, 15) is 9.59 Å². The first kappa shape index (κ1) is 16.4. The van der Waals surface area contributed by atoms with Crippen molar-refractivity contribution in [1.82, 2.24) is 14.9 Å². The maximum atomic E-state index is 12.0. The molecule has 0 spiro atoms. The molecule has 2 aromatic rings. The molecule has 0 unspecified atom stereocenters. The molecule has 1 atom stereocenters. The van der Waals surface area contributed by atoms with Crippen LogP contribution < -0.4 is 10.9 Å². The van der Waals surface area contributed by atoms with E-state index in [1.54, 1.807) is 11.3 Å². The summed E-state index contributed by atoms with van der Waals surface area (Å²) in [5.41, 5.74) is 0.989. The van der Waals surface area contributed by atoms with E-state index in [1.807, 2.05) is 5.38 Å². The summed E-state index contributed by atoms with van der Waals surface area (Å²) >= 11 is 1.54. The van der Waals surface area contributed by atoms with Crippen LogP contribution >= 0.6 is 11.3 Å². The zero-order chi connectivity index (χ0) is 16.9. The Morgan fingerprint density at radius 2 is 2.42 bits per heavy atom. The van der Waals surface area contributed by atoms with Gasteiger partial charge < -0.3 is 14.6 Å². The number of amides is 1. The van der Waals surface area contributed by atoms with Crippen molar-refractivity contribution >= 4 is 17.2 Å². The Balaban J connectivity index is 1.76. The molecule has 124 valence electrons. The number of nitrogens with one attached hydrogen (secondary N) is 1. The van der Waals surface area contributed by atoms with Crippen molar-refractivity contribution in [2.24, 2.45) is 0 Å². The van der Waals surface area contributed by atoms with Crippen LogP contribution in [0.15, 0.2) is 28.5 Å². The molecule has 1 fully saturated rings. The van der Waals surface area contributed by atoms with E-state index in [4.69, 9.17) is 11.2 Å². The molecule has 1 saturated heterocycles. The van der Waals surface area contributed by atoms with Gasteiger partial charge in [0.15, 0.2) is 0 Å². The molecule has 24 heavy (non-hydrogen) atoms. The fourth-order valence-corrected chi connectivity index (χ4v) is 3.40. The second-order valence-corrected chi connectivity index (χ2v) is 6.34. The third kappa shape index (κ3) is 3.72. The van der Waals surface area contributed by atoms with Gasteiger partial charge in [-0.25, -0.2) is 4.98 Å². The van der Waals surface area contributed by atoms with Gasteiger partial charge in [-0.1, -0.05) is 5.92 Å². The van der Waals surface area contributed by atoms with Crippen LogP contribution in [0.25, 0.3) is 0 Å². The molecule has 1 N–H and O–H groups in total. The van der Waals surface area contributed by atoms with Crippen molar-refractivity contribution in [3.05, 3.63) is 50.3 Å². The van der Waals surface area contributed by atoms with E-state index in [0.29, 0.717) is 12.1 Å². The lowest BCUT2D eigenvalue weighted by molar-refractivity contribution is 0.0958. The first-order chi connectivity index (χ1) is 11.7. The first-order valence-corrected chi connectivity index (χ1v) is 8.53. The Morgan fingerprint density at radius 3 is 3.17 bits per heavy atom. The summed E-state index contributed by atoms with van der Waals surface area (Å²) in [7, 11) is 0. The highest BCUT2D eigenvalue weighted by Crippen LogP contribution is 2.30. The number of hydrogen-bond acceptors (Lipinski definition) is 5. The van der Waals surface area contributed by atoms with Crippen molar-refractivity contribution in [3.8, 4) is 12.3 Å². The molecule has 0 bridgehead atoms. The van der Waals surface area contributed by atoms with Crippen molar-refractivity contribution in [2.75, 3.05) is 13.2 Å². The van der Waals surface area contributed by atoms with Crippen molar-refractivity contribution in [1.29, 1.82) is 0 Å². The van der Waals surface area contributed by atoms with E-state index in [1.165, 1.54) is 22.9 Å². The van der Waals surface area contributed by atoms with Crippen LogP contribution in [0.2, 0.25) is 0 Å². The van der Waals surface area contributed by atoms with E-state index >= 15 is 0 Å². The average Bonchev–Trinajstić information content (AvgIpc) is 3.25. The maximum Gasteiger partial charge on any atom is 0.253 e. The normalized spacial score (nSPS) is 16.7. The lowest BCUT2D eigenvalue weighted by atomic mass is 10.2. The topological polar surface area (TPSA) is 73.2 Å². The summed E-state index contributed by atoms with van der Waals surface area (Å²) in [6.07, 6.45) is 8.76. The number of carbonyl (C=O) groups excluding carboxylic acids is 1. The van der Waals surface area contributed by atoms with E-state index < -0.39 is 0 Å². The van der Waals surface area contributed by atoms with Crippen LogP contribution in [0.3, 0.4) is 0 Å². The van der Waals surface area contributed by atoms with Gasteiger partial charge in [-0.3, -0.25) is 9.59 Å². The van der Waals surface area contributed by atoms with Gasteiger partial charge in [-0.15, -0.1) is 17.8 Å². The van der Waals surface area contributed by atoms with Crippen LogP contribution in [0.1, 0.15) is 40.0 Å². The highest BCUT2D eigenvalue weighted by Gasteiger charge is 2.21. The molecule has 6 nitrogen and oxygen atoms in total. The Kier molecular flexibility index (Phi) is 5.08. The molecule has 0 radical (unpaired) electrons. The largest absolute Gasteiger partial charge is 0.371 e. The van der Waals surface area contributed by atoms with Gasteiger partial charge in [-0.05, 0) is 18.9 Å². The minimum atomic E-state index is -0.306. The third-order valence-corrected chi connectivity index (χ3v) is 4.69. The van der Waals surface area contributed by atoms with Gasteiger partial charge in [0, 0.05) is 24.3 Å². The van der Waals surface area contributed by atoms with Gasteiger partial charge in [-0.2, -0.15) is 0 Å². The first-order valence-electron chi connectivity index (χ1n) is 7.65. The molecule has 1 aliphatic heterocycles. The number of carbonyl (C=O) groups is 1. The van der Waals surface area contributed by atoms with Crippen LogP contribution in [0, 0.1) is 12.3 Å². The van der Waals surface area contributed by atoms with E-state index in [-0.39, 0.29) is 24.1 Å². The number of hydrogen-bond donors (Lipinski definition) is 1. The number of ether oxygens (including phenoxy) is 1. The van der Waals surface area contributed by atoms with E-state index in [2.05, 4.69) is 16.2 Å². The Morgan fingerprint density at radius 1 is 1.54 bits per heavy atom. The van der Waals surface area contributed by atoms with Crippen LogP contribution in [0.5, 0.6) is 0 Å².